The topological polar surface area (TPSA) is 159 Å². The van der Waals surface area contributed by atoms with Gasteiger partial charge in [-0.3, -0.25) is 14.4 Å². The molecule has 0 fully saturated rings. The molecule has 0 unspecified atom stereocenters. The number of rotatable bonds is 13. The number of nitrogens with zero attached hydrogens (tertiary/aromatic N) is 2. The van der Waals surface area contributed by atoms with Crippen molar-refractivity contribution < 1.29 is 22.8 Å². The Balaban J connectivity index is 1.53. The summed E-state index contributed by atoms with van der Waals surface area (Å²) in [4.78, 5) is 45.6. The van der Waals surface area contributed by atoms with Gasteiger partial charge in [0.1, 0.15) is 10.9 Å². The quantitative estimate of drug-likeness (QED) is 0.175. The highest BCUT2D eigenvalue weighted by molar-refractivity contribution is 7.99. The van der Waals surface area contributed by atoms with Crippen molar-refractivity contribution in [3.63, 3.8) is 0 Å². The Morgan fingerprint density at radius 1 is 0.950 bits per heavy atom. The van der Waals surface area contributed by atoms with Crippen LogP contribution < -0.4 is 20.7 Å². The number of thioether (sulfide) groups is 1. The number of carbonyl (C=O) groups is 3. The predicted octanol–water partition coefficient (Wildman–Crippen LogP) is 3.29. The molecule has 0 spiro atoms. The first-order chi connectivity index (χ1) is 19.0. The van der Waals surface area contributed by atoms with Crippen molar-refractivity contribution in [3.8, 4) is 0 Å². The van der Waals surface area contributed by atoms with Crippen molar-refractivity contribution in [1.82, 2.24) is 20.0 Å². The van der Waals surface area contributed by atoms with Gasteiger partial charge in [0, 0.05) is 35.4 Å². The molecule has 1 aromatic heterocycles. The molecule has 11 nitrogen and oxygen atoms in total. The average Bonchev–Trinajstić information content (AvgIpc) is 2.91. The average molecular weight is 585 g/mol. The molecule has 3 aromatic rings. The number of benzene rings is 2. The molecule has 0 saturated carbocycles. The Morgan fingerprint density at radius 2 is 1.60 bits per heavy atom. The first-order valence-corrected chi connectivity index (χ1v) is 15.0. The standard InChI is InChI=1S/C27H32N6O5S2/c1-18(2)15-24(31-19(3)34)26(36)32-21-11-9-20(10-12-21)25(35)33-40(37,38)23-16-29-27(30-17-23)28-13-14-39-22-7-5-4-6-8-22/h4-12,16-18,24H,13-15H2,1-3H3,(H,31,34)(H,32,36)(H,33,35)(H,28,29,30)/t24-/m0/s1. The molecule has 4 N–H and O–H groups in total. The number of anilines is 2. The van der Waals surface area contributed by atoms with Gasteiger partial charge >= 0.3 is 0 Å². The fourth-order valence-corrected chi connectivity index (χ4v) is 5.17. The van der Waals surface area contributed by atoms with Crippen LogP contribution in [0.3, 0.4) is 0 Å². The van der Waals surface area contributed by atoms with Crippen molar-refractivity contribution in [3.05, 3.63) is 72.6 Å². The fraction of sp³-hybridized carbons (Fsp3) is 0.296. The van der Waals surface area contributed by atoms with Gasteiger partial charge in [0.2, 0.25) is 17.8 Å². The zero-order valence-electron chi connectivity index (χ0n) is 22.4. The van der Waals surface area contributed by atoms with E-state index < -0.39 is 27.9 Å². The lowest BCUT2D eigenvalue weighted by atomic mass is 10.0. The summed E-state index contributed by atoms with van der Waals surface area (Å²) in [6.07, 6.45) is 2.70. The molecule has 212 valence electrons. The van der Waals surface area contributed by atoms with E-state index in [-0.39, 0.29) is 28.2 Å². The van der Waals surface area contributed by atoms with Gasteiger partial charge in [0.25, 0.3) is 15.9 Å². The lowest BCUT2D eigenvalue weighted by Crippen LogP contribution is -2.43. The Bertz CT molecular complexity index is 1400. The Kier molecular flexibility index (Phi) is 11.0. The van der Waals surface area contributed by atoms with Crippen LogP contribution >= 0.6 is 11.8 Å². The zero-order valence-corrected chi connectivity index (χ0v) is 24.0. The molecule has 1 atom stereocenters. The second-order valence-corrected chi connectivity index (χ2v) is 12.1. The summed E-state index contributed by atoms with van der Waals surface area (Å²) in [5.74, 6) is -0.350. The maximum absolute atomic E-state index is 12.7. The maximum Gasteiger partial charge on any atom is 0.267 e. The van der Waals surface area contributed by atoms with Crippen LogP contribution in [0.4, 0.5) is 11.6 Å². The highest BCUT2D eigenvalue weighted by Crippen LogP contribution is 2.17. The molecule has 0 saturated heterocycles. The van der Waals surface area contributed by atoms with Gasteiger partial charge in [-0.05, 0) is 48.7 Å². The number of hydrogen-bond acceptors (Lipinski definition) is 9. The van der Waals surface area contributed by atoms with E-state index in [1.165, 1.54) is 31.2 Å². The maximum atomic E-state index is 12.7. The summed E-state index contributed by atoms with van der Waals surface area (Å²) in [5.41, 5.74) is 0.458. The molecule has 40 heavy (non-hydrogen) atoms. The molecular formula is C27H32N6O5S2. The molecular weight excluding hydrogens is 552 g/mol. The normalized spacial score (nSPS) is 11.9. The molecule has 0 aliphatic carbocycles. The second-order valence-electron chi connectivity index (χ2n) is 9.21. The van der Waals surface area contributed by atoms with Gasteiger partial charge in [-0.1, -0.05) is 32.0 Å². The minimum absolute atomic E-state index is 0.0669. The van der Waals surface area contributed by atoms with Gasteiger partial charge < -0.3 is 16.0 Å². The molecule has 0 radical (unpaired) electrons. The lowest BCUT2D eigenvalue weighted by Gasteiger charge is -2.19. The van der Waals surface area contributed by atoms with Crippen LogP contribution in [0.25, 0.3) is 0 Å². The summed E-state index contributed by atoms with van der Waals surface area (Å²) in [6, 6.07) is 14.9. The fourth-order valence-electron chi connectivity index (χ4n) is 3.52. The molecule has 0 aliphatic rings. The summed E-state index contributed by atoms with van der Waals surface area (Å²) < 4.78 is 27.4. The molecule has 3 rings (SSSR count). The first kappa shape index (κ1) is 30.6. The summed E-state index contributed by atoms with van der Waals surface area (Å²) in [5, 5.41) is 8.35. The Morgan fingerprint density at radius 3 is 2.20 bits per heavy atom. The number of amides is 3. The molecule has 0 bridgehead atoms. The van der Waals surface area contributed by atoms with E-state index in [0.717, 1.165) is 23.0 Å². The Labute approximate surface area is 238 Å². The van der Waals surface area contributed by atoms with Crippen LogP contribution in [-0.4, -0.2) is 54.4 Å². The SMILES string of the molecule is CC(=O)N[C@@H](CC(C)C)C(=O)Nc1ccc(C(=O)NS(=O)(=O)c2cnc(NCCSc3ccccc3)nc2)cc1. The minimum Gasteiger partial charge on any atom is -0.353 e. The molecule has 1 heterocycles. The van der Waals surface area contributed by atoms with Gasteiger partial charge in [-0.25, -0.2) is 23.1 Å². The number of nitrogens with one attached hydrogen (secondary N) is 4. The van der Waals surface area contributed by atoms with Crippen molar-refractivity contribution in [2.75, 3.05) is 22.9 Å². The minimum atomic E-state index is -4.22. The third-order valence-corrected chi connectivity index (χ3v) is 7.68. The zero-order chi connectivity index (χ0) is 29.1. The number of carbonyl (C=O) groups excluding carboxylic acids is 3. The van der Waals surface area contributed by atoms with Crippen molar-refractivity contribution in [2.45, 2.75) is 43.0 Å². The van der Waals surface area contributed by atoms with Crippen LogP contribution in [0.15, 0.2) is 76.8 Å². The third-order valence-electron chi connectivity index (χ3n) is 5.38. The van der Waals surface area contributed by atoms with Crippen molar-refractivity contribution in [1.29, 1.82) is 0 Å². The van der Waals surface area contributed by atoms with Crippen LogP contribution in [0.2, 0.25) is 0 Å². The summed E-state index contributed by atoms with van der Waals surface area (Å²) >= 11 is 1.66. The predicted molar refractivity (Wildman–Crippen MR) is 154 cm³/mol. The van der Waals surface area contributed by atoms with Gasteiger partial charge in [0.15, 0.2) is 0 Å². The second kappa shape index (κ2) is 14.4. The highest BCUT2D eigenvalue weighted by atomic mass is 32.2. The van der Waals surface area contributed by atoms with E-state index in [2.05, 4.69) is 25.9 Å². The highest BCUT2D eigenvalue weighted by Gasteiger charge is 2.22. The van der Waals surface area contributed by atoms with E-state index in [1.54, 1.807) is 11.8 Å². The molecule has 2 aromatic carbocycles. The van der Waals surface area contributed by atoms with Crippen molar-refractivity contribution >= 4 is 51.1 Å². The smallest absolute Gasteiger partial charge is 0.267 e. The van der Waals surface area contributed by atoms with Gasteiger partial charge in [-0.15, -0.1) is 11.8 Å². The number of aromatic nitrogens is 2. The van der Waals surface area contributed by atoms with E-state index in [1.807, 2.05) is 48.9 Å². The largest absolute Gasteiger partial charge is 0.353 e. The molecule has 3 amide bonds. The first-order valence-electron chi connectivity index (χ1n) is 12.5. The number of hydrogen-bond donors (Lipinski definition) is 4. The van der Waals surface area contributed by atoms with Crippen LogP contribution in [-0.2, 0) is 19.6 Å². The summed E-state index contributed by atoms with van der Waals surface area (Å²) in [6.45, 7) is 5.79. The molecule has 13 heteroatoms. The van der Waals surface area contributed by atoms with Crippen LogP contribution in [0.1, 0.15) is 37.6 Å². The third kappa shape index (κ3) is 9.65. The van der Waals surface area contributed by atoms with Crippen molar-refractivity contribution in [2.24, 2.45) is 5.92 Å². The van der Waals surface area contributed by atoms with E-state index in [0.29, 0.717) is 18.7 Å². The van der Waals surface area contributed by atoms with E-state index >= 15 is 0 Å². The van der Waals surface area contributed by atoms with Crippen LogP contribution in [0, 0.1) is 5.92 Å². The monoisotopic (exact) mass is 584 g/mol. The van der Waals surface area contributed by atoms with Gasteiger partial charge in [-0.2, -0.15) is 0 Å². The van der Waals surface area contributed by atoms with E-state index in [9.17, 15) is 22.8 Å². The summed E-state index contributed by atoms with van der Waals surface area (Å²) in [7, 11) is -4.22. The van der Waals surface area contributed by atoms with Gasteiger partial charge in [0.05, 0.1) is 12.4 Å². The van der Waals surface area contributed by atoms with E-state index in [4.69, 9.17) is 0 Å². The van der Waals surface area contributed by atoms with Crippen LogP contribution in [0.5, 0.6) is 0 Å². The molecule has 0 aliphatic heterocycles. The lowest BCUT2D eigenvalue weighted by molar-refractivity contribution is -0.125. The number of sulfonamides is 1. The Hall–Kier alpha value is -3.97.